The van der Waals surface area contributed by atoms with Crippen molar-refractivity contribution in [3.63, 3.8) is 0 Å². The minimum atomic E-state index is -0.479. The van der Waals surface area contributed by atoms with Crippen LogP contribution in [0.1, 0.15) is 5.56 Å². The summed E-state index contributed by atoms with van der Waals surface area (Å²) in [6.07, 6.45) is 1.21. The van der Waals surface area contributed by atoms with Crippen molar-refractivity contribution in [2.24, 2.45) is 7.05 Å². The summed E-state index contributed by atoms with van der Waals surface area (Å²) >= 11 is 0. The van der Waals surface area contributed by atoms with Crippen molar-refractivity contribution in [2.75, 3.05) is 0 Å². The molecule has 0 amide bonds. The molecule has 5 heteroatoms. The number of hydrogen-bond donors (Lipinski definition) is 2. The highest BCUT2D eigenvalue weighted by Crippen LogP contribution is 1.81. The topological polar surface area (TPSA) is 75.1 Å². The number of aliphatic hydroxyl groups excluding tert-OH is 1. The molecule has 0 saturated heterocycles. The molecule has 0 unspecified atom stereocenters. The molecule has 1 aromatic rings. The monoisotopic (exact) mass is 156 g/mol. The van der Waals surface area contributed by atoms with Gasteiger partial charge >= 0.3 is 5.69 Å². The van der Waals surface area contributed by atoms with Crippen molar-refractivity contribution in [3.05, 3.63) is 32.6 Å². The van der Waals surface area contributed by atoms with Gasteiger partial charge in [-0.3, -0.25) is 9.36 Å². The number of hydrogen-bond acceptors (Lipinski definition) is 3. The average Bonchev–Trinajstić information content (AvgIpc) is 2.01. The highest BCUT2D eigenvalue weighted by molar-refractivity contribution is 5.01. The molecule has 11 heavy (non-hydrogen) atoms. The normalized spacial score (nSPS) is 10.0. The Labute approximate surface area is 61.9 Å². The third-order valence-electron chi connectivity index (χ3n) is 1.42. The maximum atomic E-state index is 11.0. The van der Waals surface area contributed by atoms with Gasteiger partial charge in [0.15, 0.2) is 0 Å². The number of aliphatic hydroxyl groups is 1. The molecule has 5 nitrogen and oxygen atoms in total. The second-order valence-electron chi connectivity index (χ2n) is 2.14. The van der Waals surface area contributed by atoms with Crippen LogP contribution in [-0.2, 0) is 13.7 Å². The highest BCUT2D eigenvalue weighted by Gasteiger charge is 2.00. The lowest BCUT2D eigenvalue weighted by Gasteiger charge is -1.96. The SMILES string of the molecule is Cn1c(=O)[nH]cc(CO)c1=O. The number of aromatic amines is 1. The minimum absolute atomic E-state index is 0.187. The first-order chi connectivity index (χ1) is 5.16. The fourth-order valence-corrected chi connectivity index (χ4v) is 0.728. The Bertz CT molecular complexity index is 363. The Kier molecular flexibility index (Phi) is 1.91. The maximum Gasteiger partial charge on any atom is 0.328 e. The summed E-state index contributed by atoms with van der Waals surface area (Å²) in [5.41, 5.74) is -0.754. The molecule has 0 atom stereocenters. The van der Waals surface area contributed by atoms with Crippen LogP contribution in [0.15, 0.2) is 15.8 Å². The second-order valence-corrected chi connectivity index (χ2v) is 2.14. The third-order valence-corrected chi connectivity index (χ3v) is 1.42. The highest BCUT2D eigenvalue weighted by atomic mass is 16.3. The zero-order valence-electron chi connectivity index (χ0n) is 6.00. The maximum absolute atomic E-state index is 11.0. The van der Waals surface area contributed by atoms with E-state index in [9.17, 15) is 9.59 Å². The molecule has 0 aliphatic heterocycles. The standard InChI is InChI=1S/C6H8N2O3/c1-8-5(10)4(3-9)2-7-6(8)11/h2,9H,3H2,1H3,(H,7,11). The Morgan fingerprint density at radius 3 is 2.82 bits per heavy atom. The molecule has 1 aromatic heterocycles. The van der Waals surface area contributed by atoms with Crippen LogP contribution in [0.25, 0.3) is 0 Å². The predicted molar refractivity (Wildman–Crippen MR) is 38.2 cm³/mol. The van der Waals surface area contributed by atoms with E-state index in [1.54, 1.807) is 0 Å². The van der Waals surface area contributed by atoms with Crippen LogP contribution in [0.3, 0.4) is 0 Å². The summed E-state index contributed by atoms with van der Waals surface area (Å²) in [6.45, 7) is -0.358. The largest absolute Gasteiger partial charge is 0.391 e. The number of nitrogens with one attached hydrogen (secondary N) is 1. The first kappa shape index (κ1) is 7.74. The first-order valence-electron chi connectivity index (χ1n) is 3.05. The summed E-state index contributed by atoms with van der Waals surface area (Å²) < 4.78 is 0.908. The zero-order valence-corrected chi connectivity index (χ0v) is 6.00. The van der Waals surface area contributed by atoms with Crippen LogP contribution >= 0.6 is 0 Å². The van der Waals surface area contributed by atoms with Gasteiger partial charge in [-0.05, 0) is 0 Å². The lowest BCUT2D eigenvalue weighted by atomic mass is 10.3. The van der Waals surface area contributed by atoms with Gasteiger partial charge in [-0.1, -0.05) is 0 Å². The van der Waals surface area contributed by atoms with E-state index in [-0.39, 0.29) is 12.2 Å². The van der Waals surface area contributed by atoms with E-state index in [1.807, 2.05) is 0 Å². The zero-order chi connectivity index (χ0) is 8.43. The van der Waals surface area contributed by atoms with Crippen molar-refractivity contribution >= 4 is 0 Å². The summed E-state index contributed by atoms with van der Waals surface area (Å²) in [5.74, 6) is 0. The fraction of sp³-hybridized carbons (Fsp3) is 0.333. The van der Waals surface area contributed by atoms with Crippen LogP contribution < -0.4 is 11.2 Å². The smallest absolute Gasteiger partial charge is 0.328 e. The molecule has 1 heterocycles. The summed E-state index contributed by atoms with van der Waals surface area (Å²) in [7, 11) is 1.35. The van der Waals surface area contributed by atoms with Gasteiger partial charge in [-0.15, -0.1) is 0 Å². The van der Waals surface area contributed by atoms with E-state index in [2.05, 4.69) is 4.98 Å². The van der Waals surface area contributed by atoms with Gasteiger partial charge in [0.2, 0.25) is 0 Å². The molecule has 2 N–H and O–H groups in total. The molecule has 0 aromatic carbocycles. The van der Waals surface area contributed by atoms with Crippen LogP contribution in [0.4, 0.5) is 0 Å². The van der Waals surface area contributed by atoms with Crippen LogP contribution in [0, 0.1) is 0 Å². The van der Waals surface area contributed by atoms with Crippen LogP contribution in [0.2, 0.25) is 0 Å². The molecule has 0 aliphatic rings. The van der Waals surface area contributed by atoms with Gasteiger partial charge in [0.1, 0.15) is 0 Å². The number of aromatic nitrogens is 2. The molecule has 0 aliphatic carbocycles. The summed E-state index contributed by atoms with van der Waals surface area (Å²) in [4.78, 5) is 24.0. The average molecular weight is 156 g/mol. The lowest BCUT2D eigenvalue weighted by molar-refractivity contribution is 0.278. The lowest BCUT2D eigenvalue weighted by Crippen LogP contribution is -2.34. The molecule has 0 radical (unpaired) electrons. The summed E-state index contributed by atoms with van der Waals surface area (Å²) in [6, 6.07) is 0. The number of H-pyrrole nitrogens is 1. The van der Waals surface area contributed by atoms with Gasteiger partial charge in [-0.25, -0.2) is 4.79 Å². The molecular formula is C6H8N2O3. The third kappa shape index (κ3) is 1.22. The van der Waals surface area contributed by atoms with E-state index >= 15 is 0 Å². The van der Waals surface area contributed by atoms with E-state index < -0.39 is 11.2 Å². The Balaban J connectivity index is 3.50. The van der Waals surface area contributed by atoms with Crippen molar-refractivity contribution in [1.29, 1.82) is 0 Å². The van der Waals surface area contributed by atoms with Gasteiger partial charge in [-0.2, -0.15) is 0 Å². The van der Waals surface area contributed by atoms with E-state index in [0.717, 1.165) is 4.57 Å². The van der Waals surface area contributed by atoms with E-state index in [4.69, 9.17) is 5.11 Å². The molecule has 1 rings (SSSR count). The minimum Gasteiger partial charge on any atom is -0.391 e. The molecule has 0 fully saturated rings. The molecule has 60 valence electrons. The van der Waals surface area contributed by atoms with Gasteiger partial charge in [0.25, 0.3) is 5.56 Å². The first-order valence-corrected chi connectivity index (χ1v) is 3.05. The van der Waals surface area contributed by atoms with Crippen molar-refractivity contribution in [1.82, 2.24) is 9.55 Å². The Morgan fingerprint density at radius 1 is 1.64 bits per heavy atom. The number of nitrogens with zero attached hydrogens (tertiary/aromatic N) is 1. The molecule has 0 saturated carbocycles. The van der Waals surface area contributed by atoms with Crippen LogP contribution in [-0.4, -0.2) is 14.7 Å². The van der Waals surface area contributed by atoms with Gasteiger partial charge in [0, 0.05) is 13.2 Å². The fourth-order valence-electron chi connectivity index (χ4n) is 0.728. The molecular weight excluding hydrogens is 148 g/mol. The van der Waals surface area contributed by atoms with Gasteiger partial charge in [0.05, 0.1) is 12.2 Å². The molecule has 0 bridgehead atoms. The van der Waals surface area contributed by atoms with Crippen molar-refractivity contribution < 1.29 is 5.11 Å². The Morgan fingerprint density at radius 2 is 2.27 bits per heavy atom. The van der Waals surface area contributed by atoms with Crippen molar-refractivity contribution in [3.8, 4) is 0 Å². The number of rotatable bonds is 1. The quantitative estimate of drug-likeness (QED) is 0.523. The van der Waals surface area contributed by atoms with Gasteiger partial charge < -0.3 is 10.1 Å². The summed E-state index contributed by atoms with van der Waals surface area (Å²) in [5, 5.41) is 8.60. The Hall–Kier alpha value is -1.36. The van der Waals surface area contributed by atoms with E-state index in [0.29, 0.717) is 0 Å². The second kappa shape index (κ2) is 2.71. The van der Waals surface area contributed by atoms with Crippen LogP contribution in [0.5, 0.6) is 0 Å². The molecule has 0 spiro atoms. The van der Waals surface area contributed by atoms with Crippen molar-refractivity contribution in [2.45, 2.75) is 6.61 Å². The van der Waals surface area contributed by atoms with E-state index in [1.165, 1.54) is 13.2 Å². The predicted octanol–water partition coefficient (Wildman–Crippen LogP) is -1.43.